The summed E-state index contributed by atoms with van der Waals surface area (Å²) in [5.41, 5.74) is 1.08. The molecular weight excluding hydrogens is 296 g/mol. The summed E-state index contributed by atoms with van der Waals surface area (Å²) in [6, 6.07) is 9.81. The lowest BCUT2D eigenvalue weighted by molar-refractivity contribution is -0.141. The lowest BCUT2D eigenvalue weighted by Crippen LogP contribution is -2.19. The fourth-order valence-corrected chi connectivity index (χ4v) is 2.41. The minimum Gasteiger partial charge on any atom is -0.469 e. The second-order valence-electron chi connectivity index (χ2n) is 5.61. The second kappa shape index (κ2) is 10.7. The molecule has 5 nitrogen and oxygen atoms in total. The number of hydrogen-bond acceptors (Lipinski definition) is 5. The fraction of sp³-hybridized carbons (Fsp3) is 0.500. The Bertz CT molecular complexity index is 497. The van der Waals surface area contributed by atoms with Gasteiger partial charge in [-0.05, 0) is 31.2 Å². The van der Waals surface area contributed by atoms with Crippen LogP contribution in [0.1, 0.15) is 38.2 Å². The molecule has 1 unspecified atom stereocenters. The minimum absolute atomic E-state index is 0.0717. The molecule has 5 heteroatoms. The first kappa shape index (κ1) is 19.0. The molecule has 126 valence electrons. The van der Waals surface area contributed by atoms with Crippen molar-refractivity contribution in [3.05, 3.63) is 35.9 Å². The fourth-order valence-electron chi connectivity index (χ4n) is 2.41. The van der Waals surface area contributed by atoms with Gasteiger partial charge in [-0.1, -0.05) is 30.3 Å². The van der Waals surface area contributed by atoms with Crippen LogP contribution in [0.15, 0.2) is 30.3 Å². The van der Waals surface area contributed by atoms with E-state index in [1.807, 2.05) is 37.3 Å². The summed E-state index contributed by atoms with van der Waals surface area (Å²) in [6.45, 7) is 2.42. The Kier molecular flexibility index (Phi) is 8.83. The number of carbonyl (C=O) groups excluding carboxylic acids is 3. The van der Waals surface area contributed by atoms with Crippen molar-refractivity contribution in [1.29, 1.82) is 0 Å². The molecule has 0 aliphatic carbocycles. The molecule has 0 saturated heterocycles. The number of methoxy groups -OCH3 is 1. The first-order valence-electron chi connectivity index (χ1n) is 7.75. The third kappa shape index (κ3) is 8.26. The maximum absolute atomic E-state index is 11.4. The molecule has 0 bridgehead atoms. The zero-order valence-electron chi connectivity index (χ0n) is 13.7. The standard InChI is InChI=1S/C18H24O5/c1-14(23-13-15-6-4-3-5-7-15)10-16(11-17(20)12-19)8-9-18(21)22-2/h3-7,12,14,16H,8-11,13H2,1-2H3/t14-,16?/m0/s1. The van der Waals surface area contributed by atoms with E-state index in [1.54, 1.807) is 0 Å². The van der Waals surface area contributed by atoms with E-state index < -0.39 is 5.78 Å². The summed E-state index contributed by atoms with van der Waals surface area (Å²) in [5, 5.41) is 0. The molecule has 0 radical (unpaired) electrons. The SMILES string of the molecule is COC(=O)CCC(CC(=O)C=O)C[C@H](C)OCc1ccccc1. The number of ether oxygens (including phenoxy) is 2. The van der Waals surface area contributed by atoms with E-state index in [1.165, 1.54) is 7.11 Å². The van der Waals surface area contributed by atoms with Crippen molar-refractivity contribution in [3.63, 3.8) is 0 Å². The number of rotatable bonds is 11. The lowest BCUT2D eigenvalue weighted by Gasteiger charge is -2.20. The van der Waals surface area contributed by atoms with Gasteiger partial charge in [-0.2, -0.15) is 0 Å². The number of carbonyl (C=O) groups is 3. The smallest absolute Gasteiger partial charge is 0.305 e. The van der Waals surface area contributed by atoms with Crippen molar-refractivity contribution in [1.82, 2.24) is 0 Å². The number of esters is 1. The van der Waals surface area contributed by atoms with E-state index in [2.05, 4.69) is 4.74 Å². The van der Waals surface area contributed by atoms with E-state index in [-0.39, 0.29) is 30.8 Å². The zero-order valence-corrected chi connectivity index (χ0v) is 13.7. The Morgan fingerprint density at radius 1 is 1.22 bits per heavy atom. The van der Waals surface area contributed by atoms with Crippen molar-refractivity contribution in [2.45, 2.75) is 45.3 Å². The van der Waals surface area contributed by atoms with Crippen LogP contribution in [-0.2, 0) is 30.5 Å². The van der Waals surface area contributed by atoms with Gasteiger partial charge in [0.25, 0.3) is 0 Å². The molecule has 0 amide bonds. The number of Topliss-reactive ketones (excluding diaryl/α,β-unsaturated/α-hetero) is 1. The molecule has 0 spiro atoms. The first-order valence-corrected chi connectivity index (χ1v) is 7.75. The van der Waals surface area contributed by atoms with Crippen LogP contribution >= 0.6 is 0 Å². The normalized spacial score (nSPS) is 13.1. The van der Waals surface area contributed by atoms with E-state index in [4.69, 9.17) is 4.74 Å². The average Bonchev–Trinajstić information content (AvgIpc) is 2.58. The van der Waals surface area contributed by atoms with Gasteiger partial charge in [0.05, 0.1) is 19.8 Å². The maximum Gasteiger partial charge on any atom is 0.305 e. The Morgan fingerprint density at radius 2 is 1.91 bits per heavy atom. The maximum atomic E-state index is 11.4. The van der Waals surface area contributed by atoms with Crippen LogP contribution in [0.2, 0.25) is 0 Å². The van der Waals surface area contributed by atoms with Gasteiger partial charge in [-0.25, -0.2) is 0 Å². The summed E-state index contributed by atoms with van der Waals surface area (Å²) in [6.07, 6.45) is 1.76. The van der Waals surface area contributed by atoms with Crippen LogP contribution in [0.3, 0.4) is 0 Å². The number of hydrogen-bond donors (Lipinski definition) is 0. The molecule has 0 saturated carbocycles. The highest BCUT2D eigenvalue weighted by molar-refractivity contribution is 6.24. The number of benzene rings is 1. The van der Waals surface area contributed by atoms with Crippen LogP contribution in [-0.4, -0.2) is 31.3 Å². The second-order valence-corrected chi connectivity index (χ2v) is 5.61. The molecule has 0 aromatic heterocycles. The summed E-state index contributed by atoms with van der Waals surface area (Å²) in [5.74, 6) is -0.834. The van der Waals surface area contributed by atoms with E-state index in [9.17, 15) is 14.4 Å². The van der Waals surface area contributed by atoms with Crippen LogP contribution in [0.5, 0.6) is 0 Å². The molecule has 0 aliphatic heterocycles. The Morgan fingerprint density at radius 3 is 2.52 bits per heavy atom. The summed E-state index contributed by atoms with van der Waals surface area (Å²) >= 11 is 0. The zero-order chi connectivity index (χ0) is 17.1. The third-order valence-electron chi connectivity index (χ3n) is 3.65. The summed E-state index contributed by atoms with van der Waals surface area (Å²) < 4.78 is 10.4. The van der Waals surface area contributed by atoms with Crippen molar-refractivity contribution < 1.29 is 23.9 Å². The highest BCUT2D eigenvalue weighted by Gasteiger charge is 2.19. The molecule has 2 atom stereocenters. The summed E-state index contributed by atoms with van der Waals surface area (Å²) in [4.78, 5) is 33.2. The van der Waals surface area contributed by atoms with Gasteiger partial charge in [-0.3, -0.25) is 14.4 Å². The Labute approximate surface area is 137 Å². The van der Waals surface area contributed by atoms with Crippen molar-refractivity contribution >= 4 is 18.0 Å². The molecule has 1 aromatic rings. The highest BCUT2D eigenvalue weighted by atomic mass is 16.5. The molecule has 23 heavy (non-hydrogen) atoms. The van der Waals surface area contributed by atoms with Crippen molar-refractivity contribution in [3.8, 4) is 0 Å². The highest BCUT2D eigenvalue weighted by Crippen LogP contribution is 2.20. The van der Waals surface area contributed by atoms with Gasteiger partial charge in [0.2, 0.25) is 0 Å². The predicted octanol–water partition coefficient (Wildman–Crippen LogP) is 2.71. The molecule has 0 fully saturated rings. The van der Waals surface area contributed by atoms with Crippen LogP contribution in [0.4, 0.5) is 0 Å². The van der Waals surface area contributed by atoms with Gasteiger partial charge in [0.15, 0.2) is 12.1 Å². The lowest BCUT2D eigenvalue weighted by atomic mass is 9.91. The number of aldehydes is 1. The van der Waals surface area contributed by atoms with Crippen LogP contribution < -0.4 is 0 Å². The first-order chi connectivity index (χ1) is 11.0. The topological polar surface area (TPSA) is 69.7 Å². The van der Waals surface area contributed by atoms with Crippen LogP contribution in [0.25, 0.3) is 0 Å². The van der Waals surface area contributed by atoms with E-state index in [0.29, 0.717) is 25.7 Å². The van der Waals surface area contributed by atoms with E-state index in [0.717, 1.165) is 5.56 Å². The monoisotopic (exact) mass is 320 g/mol. The van der Waals surface area contributed by atoms with Crippen molar-refractivity contribution in [2.75, 3.05) is 7.11 Å². The molecular formula is C18H24O5. The summed E-state index contributed by atoms with van der Waals surface area (Å²) in [7, 11) is 1.33. The van der Waals surface area contributed by atoms with Gasteiger partial charge < -0.3 is 9.47 Å². The average molecular weight is 320 g/mol. The minimum atomic E-state index is -0.449. The van der Waals surface area contributed by atoms with Gasteiger partial charge in [0, 0.05) is 12.8 Å². The number of ketones is 1. The molecule has 0 N–H and O–H groups in total. The predicted molar refractivity (Wildman–Crippen MR) is 85.7 cm³/mol. The van der Waals surface area contributed by atoms with Gasteiger partial charge >= 0.3 is 5.97 Å². The van der Waals surface area contributed by atoms with Crippen molar-refractivity contribution in [2.24, 2.45) is 5.92 Å². The quantitative estimate of drug-likeness (QED) is 0.356. The van der Waals surface area contributed by atoms with Gasteiger partial charge in [0.1, 0.15) is 0 Å². The molecule has 1 rings (SSSR count). The Balaban J connectivity index is 2.47. The molecule has 0 aliphatic rings. The largest absolute Gasteiger partial charge is 0.469 e. The Hall–Kier alpha value is -2.01. The van der Waals surface area contributed by atoms with Crippen LogP contribution in [0, 0.1) is 5.92 Å². The van der Waals surface area contributed by atoms with Gasteiger partial charge in [-0.15, -0.1) is 0 Å². The molecule has 1 aromatic carbocycles. The molecule has 0 heterocycles. The third-order valence-corrected chi connectivity index (χ3v) is 3.65. The van der Waals surface area contributed by atoms with E-state index >= 15 is 0 Å².